The fraction of sp³-hybridized carbons (Fsp3) is 0.667. The first kappa shape index (κ1) is 22.1. The number of pyridine rings is 1. The molecule has 1 aromatic heterocycles. The first-order valence-electron chi connectivity index (χ1n) is 9.97. The van der Waals surface area contributed by atoms with Gasteiger partial charge in [-0.2, -0.15) is 0 Å². The van der Waals surface area contributed by atoms with E-state index in [1.807, 2.05) is 35.2 Å². The molecule has 0 aliphatic rings. The van der Waals surface area contributed by atoms with Crippen LogP contribution in [0.1, 0.15) is 71.1 Å². The van der Waals surface area contributed by atoms with E-state index in [4.69, 9.17) is 9.47 Å². The van der Waals surface area contributed by atoms with Gasteiger partial charge in [0.25, 0.3) is 0 Å². The number of aromatic nitrogens is 1. The van der Waals surface area contributed by atoms with E-state index in [0.717, 1.165) is 12.8 Å². The summed E-state index contributed by atoms with van der Waals surface area (Å²) in [5.74, 6) is -0.673. The summed E-state index contributed by atoms with van der Waals surface area (Å²) < 4.78 is 12.2. The van der Waals surface area contributed by atoms with Crippen LogP contribution in [0.25, 0.3) is 0 Å². The molecule has 0 amide bonds. The van der Waals surface area contributed by atoms with Crippen LogP contribution in [-0.2, 0) is 25.6 Å². The van der Waals surface area contributed by atoms with Crippen molar-refractivity contribution in [2.75, 3.05) is 13.2 Å². The van der Waals surface area contributed by atoms with Crippen LogP contribution in [0.15, 0.2) is 30.6 Å². The summed E-state index contributed by atoms with van der Waals surface area (Å²) >= 11 is 0. The molecule has 5 nitrogen and oxygen atoms in total. The number of nitrogens with zero attached hydrogens (tertiary/aromatic N) is 1. The minimum absolute atomic E-state index is 0.0791. The zero-order chi connectivity index (χ0) is 18.9. The first-order chi connectivity index (χ1) is 12.7. The lowest BCUT2D eigenvalue weighted by Crippen LogP contribution is -2.35. The van der Waals surface area contributed by atoms with Gasteiger partial charge in [0.1, 0.15) is 0 Å². The number of hydrogen-bond donors (Lipinski definition) is 0. The molecule has 0 spiro atoms. The van der Waals surface area contributed by atoms with E-state index in [-0.39, 0.29) is 24.8 Å². The molecular weight excluding hydrogens is 330 g/mol. The van der Waals surface area contributed by atoms with Crippen molar-refractivity contribution in [1.82, 2.24) is 0 Å². The van der Waals surface area contributed by atoms with Crippen LogP contribution >= 0.6 is 0 Å². The molecular formula is C21H34NO4+. The topological polar surface area (TPSA) is 56.5 Å². The molecule has 26 heavy (non-hydrogen) atoms. The lowest BCUT2D eigenvalue weighted by atomic mass is 10.1. The van der Waals surface area contributed by atoms with Crippen molar-refractivity contribution in [2.45, 2.75) is 77.7 Å². The van der Waals surface area contributed by atoms with Crippen molar-refractivity contribution in [2.24, 2.45) is 0 Å². The van der Waals surface area contributed by atoms with E-state index >= 15 is 0 Å². The van der Waals surface area contributed by atoms with E-state index in [2.05, 4.69) is 6.92 Å². The summed E-state index contributed by atoms with van der Waals surface area (Å²) in [6.45, 7) is 3.58. The average molecular weight is 365 g/mol. The Morgan fingerprint density at radius 2 is 1.27 bits per heavy atom. The number of carbonyl (C=O) groups is 2. The highest BCUT2D eigenvalue weighted by Crippen LogP contribution is 2.08. The summed E-state index contributed by atoms with van der Waals surface area (Å²) in [6.07, 6.45) is 13.7. The molecule has 0 saturated carbocycles. The van der Waals surface area contributed by atoms with Gasteiger partial charge in [-0.1, -0.05) is 57.9 Å². The Morgan fingerprint density at radius 3 is 1.88 bits per heavy atom. The normalized spacial score (nSPS) is 10.5. The zero-order valence-electron chi connectivity index (χ0n) is 16.2. The first-order valence-corrected chi connectivity index (χ1v) is 9.97. The maximum Gasteiger partial charge on any atom is 0.306 e. The summed E-state index contributed by atoms with van der Waals surface area (Å²) in [6, 6.07) is 5.77. The molecule has 0 aliphatic carbocycles. The van der Waals surface area contributed by atoms with Gasteiger partial charge in [0, 0.05) is 12.1 Å². The Hall–Kier alpha value is -1.91. The van der Waals surface area contributed by atoms with E-state index in [9.17, 15) is 9.59 Å². The van der Waals surface area contributed by atoms with Crippen LogP contribution in [0, 0.1) is 0 Å². The van der Waals surface area contributed by atoms with Gasteiger partial charge in [0.05, 0.1) is 19.4 Å². The van der Waals surface area contributed by atoms with Gasteiger partial charge >= 0.3 is 11.9 Å². The molecule has 0 unspecified atom stereocenters. The van der Waals surface area contributed by atoms with Gasteiger partial charge in [-0.15, -0.1) is 0 Å². The Labute approximate surface area is 157 Å². The highest BCUT2D eigenvalue weighted by molar-refractivity contribution is 5.77. The number of unbranched alkanes of at least 4 members (excludes halogenated alkanes) is 7. The second kappa shape index (κ2) is 15.4. The highest BCUT2D eigenvalue weighted by Gasteiger charge is 2.10. The molecule has 0 N–H and O–H groups in total. The Morgan fingerprint density at radius 1 is 0.731 bits per heavy atom. The number of ether oxygens (including phenoxy) is 2. The van der Waals surface area contributed by atoms with Crippen molar-refractivity contribution in [1.29, 1.82) is 0 Å². The third-order valence-corrected chi connectivity index (χ3v) is 4.18. The van der Waals surface area contributed by atoms with Crippen molar-refractivity contribution >= 4 is 11.9 Å². The van der Waals surface area contributed by atoms with Gasteiger partial charge in [0.2, 0.25) is 0 Å². The molecule has 1 aromatic rings. The van der Waals surface area contributed by atoms with E-state index in [1.165, 1.54) is 38.5 Å². The second-order valence-electron chi connectivity index (χ2n) is 6.53. The minimum Gasteiger partial charge on any atom is -0.466 e. The fourth-order valence-corrected chi connectivity index (χ4v) is 2.62. The Balaban J connectivity index is 1.91. The van der Waals surface area contributed by atoms with E-state index in [0.29, 0.717) is 19.8 Å². The van der Waals surface area contributed by atoms with Gasteiger partial charge in [-0.3, -0.25) is 9.59 Å². The molecule has 146 valence electrons. The second-order valence-corrected chi connectivity index (χ2v) is 6.53. The van der Waals surface area contributed by atoms with E-state index in [1.54, 1.807) is 0 Å². The largest absolute Gasteiger partial charge is 0.466 e. The quantitative estimate of drug-likeness (QED) is 0.268. The number of hydrogen-bond acceptors (Lipinski definition) is 4. The molecule has 1 rings (SSSR count). The van der Waals surface area contributed by atoms with Crippen molar-refractivity contribution in [3.63, 3.8) is 0 Å². The summed E-state index contributed by atoms with van der Waals surface area (Å²) in [5, 5.41) is 0. The number of carbonyl (C=O) groups excluding carboxylic acids is 2. The molecule has 0 fully saturated rings. The third kappa shape index (κ3) is 12.5. The van der Waals surface area contributed by atoms with Crippen molar-refractivity contribution < 1.29 is 23.6 Å². The molecule has 0 atom stereocenters. The number of rotatable bonds is 15. The minimum atomic E-state index is -0.356. The lowest BCUT2D eigenvalue weighted by molar-refractivity contribution is -0.697. The molecule has 0 bridgehead atoms. The van der Waals surface area contributed by atoms with Crippen molar-refractivity contribution in [3.05, 3.63) is 30.6 Å². The Bertz CT molecular complexity index is 490. The van der Waals surface area contributed by atoms with Gasteiger partial charge in [0.15, 0.2) is 25.5 Å². The van der Waals surface area contributed by atoms with Crippen LogP contribution in [0.4, 0.5) is 0 Å². The van der Waals surface area contributed by atoms with Crippen LogP contribution < -0.4 is 4.57 Å². The summed E-state index contributed by atoms with van der Waals surface area (Å²) in [7, 11) is 0. The molecule has 5 heteroatoms. The smallest absolute Gasteiger partial charge is 0.306 e. The number of esters is 2. The molecule has 0 radical (unpaired) electrons. The summed E-state index contributed by atoms with van der Waals surface area (Å²) in [4.78, 5) is 23.2. The maximum absolute atomic E-state index is 11.6. The van der Waals surface area contributed by atoms with Crippen LogP contribution in [-0.4, -0.2) is 25.2 Å². The van der Waals surface area contributed by atoms with Crippen LogP contribution in [0.3, 0.4) is 0 Å². The Kier molecular flexibility index (Phi) is 13.1. The highest BCUT2D eigenvalue weighted by atomic mass is 16.5. The molecule has 0 saturated heterocycles. The predicted octanol–water partition coefficient (Wildman–Crippen LogP) is 3.98. The zero-order valence-corrected chi connectivity index (χ0v) is 16.2. The predicted molar refractivity (Wildman–Crippen MR) is 100 cm³/mol. The standard InChI is InChI=1S/C21H34NO4/c1-2-3-4-5-6-7-8-12-18-25-20(23)13-14-21(24)26-19-17-22-15-10-9-11-16-22/h9-11,15-16H,2-8,12-14,17-19H2,1H3/q+1. The molecule has 0 aliphatic heterocycles. The SMILES string of the molecule is CCCCCCCCCCOC(=O)CCC(=O)OCC[n+]1ccccc1. The fourth-order valence-electron chi connectivity index (χ4n) is 2.62. The van der Waals surface area contributed by atoms with Gasteiger partial charge < -0.3 is 9.47 Å². The maximum atomic E-state index is 11.6. The lowest BCUT2D eigenvalue weighted by Gasteiger charge is -2.05. The monoisotopic (exact) mass is 364 g/mol. The summed E-state index contributed by atoms with van der Waals surface area (Å²) in [5.41, 5.74) is 0. The molecule has 1 heterocycles. The van der Waals surface area contributed by atoms with Gasteiger partial charge in [-0.05, 0) is 6.42 Å². The van der Waals surface area contributed by atoms with Crippen molar-refractivity contribution in [3.8, 4) is 0 Å². The van der Waals surface area contributed by atoms with Gasteiger partial charge in [-0.25, -0.2) is 4.57 Å². The third-order valence-electron chi connectivity index (χ3n) is 4.18. The molecule has 0 aromatic carbocycles. The average Bonchev–Trinajstić information content (AvgIpc) is 2.66. The van der Waals surface area contributed by atoms with Crippen LogP contribution in [0.5, 0.6) is 0 Å². The van der Waals surface area contributed by atoms with E-state index < -0.39 is 0 Å². The van der Waals surface area contributed by atoms with Crippen LogP contribution in [0.2, 0.25) is 0 Å².